The van der Waals surface area contributed by atoms with E-state index in [0.29, 0.717) is 0 Å². The van der Waals surface area contributed by atoms with Crippen LogP contribution in [0.3, 0.4) is 0 Å². The fraction of sp³-hybridized carbons (Fsp3) is 0.304. The predicted molar refractivity (Wildman–Crippen MR) is 122 cm³/mol. The summed E-state index contributed by atoms with van der Waals surface area (Å²) in [6.45, 7) is 6.58. The third-order valence-electron chi connectivity index (χ3n) is 5.26. The highest BCUT2D eigenvalue weighted by Crippen LogP contribution is 2.24. The molecule has 0 radical (unpaired) electrons. The Balaban J connectivity index is 1.83. The van der Waals surface area contributed by atoms with Crippen LogP contribution in [-0.4, -0.2) is 50.8 Å². The number of carbonyl (C=O) groups is 4. The molecule has 11 nitrogen and oxygen atoms in total. The third-order valence-corrected chi connectivity index (χ3v) is 5.26. The van der Waals surface area contributed by atoms with Gasteiger partial charge in [-0.05, 0) is 24.1 Å². The number of Topliss-reactive ketones (excluding diaryl/α,β-unsaturated/α-hetero) is 1. The van der Waals surface area contributed by atoms with Gasteiger partial charge in [0.25, 0.3) is 17.4 Å². The van der Waals surface area contributed by atoms with Gasteiger partial charge in [0, 0.05) is 20.1 Å². The van der Waals surface area contributed by atoms with E-state index < -0.39 is 47.0 Å². The largest absolute Gasteiger partial charge is 0.454 e. The summed E-state index contributed by atoms with van der Waals surface area (Å²) in [6.07, 6.45) is 1.41. The summed E-state index contributed by atoms with van der Waals surface area (Å²) in [5.41, 5.74) is 4.07. The van der Waals surface area contributed by atoms with Crippen LogP contribution < -0.4 is 17.0 Å². The molecule has 2 amide bonds. The Morgan fingerprint density at radius 1 is 1.12 bits per heavy atom. The van der Waals surface area contributed by atoms with Crippen molar-refractivity contribution in [2.75, 3.05) is 18.9 Å². The maximum atomic E-state index is 12.7. The second-order valence-electron chi connectivity index (χ2n) is 8.18. The van der Waals surface area contributed by atoms with Crippen molar-refractivity contribution in [3.63, 3.8) is 0 Å². The summed E-state index contributed by atoms with van der Waals surface area (Å²) in [5.74, 6) is -3.19. The highest BCUT2D eigenvalue weighted by Gasteiger charge is 2.35. The zero-order valence-electron chi connectivity index (χ0n) is 19.0. The third kappa shape index (κ3) is 4.19. The van der Waals surface area contributed by atoms with Gasteiger partial charge in [0.1, 0.15) is 11.4 Å². The highest BCUT2D eigenvalue weighted by atomic mass is 16.5. The molecular formula is C23H24N4O7. The van der Waals surface area contributed by atoms with E-state index in [1.54, 1.807) is 0 Å². The maximum Gasteiger partial charge on any atom is 0.338 e. The number of hydrogen-bond acceptors (Lipinski definition) is 8. The lowest BCUT2D eigenvalue weighted by Gasteiger charge is -2.16. The van der Waals surface area contributed by atoms with Crippen molar-refractivity contribution in [3.05, 3.63) is 73.9 Å². The topological polar surface area (TPSA) is 151 Å². The van der Waals surface area contributed by atoms with Crippen molar-refractivity contribution in [3.8, 4) is 0 Å². The zero-order valence-corrected chi connectivity index (χ0v) is 19.0. The summed E-state index contributed by atoms with van der Waals surface area (Å²) in [4.78, 5) is 75.8. The number of imide groups is 1. The Hall–Kier alpha value is -4.28. The van der Waals surface area contributed by atoms with E-state index in [4.69, 9.17) is 10.5 Å². The summed E-state index contributed by atoms with van der Waals surface area (Å²) >= 11 is 0. The number of benzene rings is 1. The first-order valence-electron chi connectivity index (χ1n) is 10.4. The van der Waals surface area contributed by atoms with Gasteiger partial charge in [-0.3, -0.25) is 33.2 Å². The van der Waals surface area contributed by atoms with Gasteiger partial charge in [-0.2, -0.15) is 0 Å². The maximum absolute atomic E-state index is 12.7. The molecule has 0 saturated heterocycles. The lowest BCUT2D eigenvalue weighted by atomic mass is 10.1. The van der Waals surface area contributed by atoms with Crippen LogP contribution in [0.5, 0.6) is 0 Å². The lowest BCUT2D eigenvalue weighted by molar-refractivity contribution is 0.0474. The Morgan fingerprint density at radius 3 is 2.38 bits per heavy atom. The average Bonchev–Trinajstić information content (AvgIpc) is 3.03. The monoisotopic (exact) mass is 468 g/mol. The Labute approximate surface area is 194 Å². The molecule has 1 aromatic carbocycles. The molecule has 2 aromatic rings. The van der Waals surface area contributed by atoms with Gasteiger partial charge in [-0.25, -0.2) is 9.59 Å². The van der Waals surface area contributed by atoms with Gasteiger partial charge in [0.05, 0.1) is 16.7 Å². The minimum atomic E-state index is -0.940. The molecule has 1 aliphatic heterocycles. The number of fused-ring (bicyclic) bond motifs is 1. The van der Waals surface area contributed by atoms with Crippen molar-refractivity contribution in [2.45, 2.75) is 20.4 Å². The standard InChI is InChI=1S/C23H24N4O7/c1-5-8-26-19(29)14-7-6-13(9-15(14)20(26)30)22(32)34-11-16(28)17-18(24)27(10-12(2)3)23(33)25(4)21(17)31/h5-7,9,12H,1,8,10-11,24H2,2-4H3. The number of rotatable bonds is 8. The molecule has 0 unspecified atom stereocenters. The van der Waals surface area contributed by atoms with Crippen LogP contribution in [0.4, 0.5) is 5.82 Å². The van der Waals surface area contributed by atoms with E-state index in [9.17, 15) is 28.8 Å². The molecule has 0 saturated carbocycles. The van der Waals surface area contributed by atoms with Crippen molar-refractivity contribution < 1.29 is 23.9 Å². The molecule has 1 aromatic heterocycles. The van der Waals surface area contributed by atoms with Gasteiger partial charge in [-0.1, -0.05) is 19.9 Å². The molecule has 2 N–H and O–H groups in total. The van der Waals surface area contributed by atoms with E-state index in [0.717, 1.165) is 14.0 Å². The first-order chi connectivity index (χ1) is 16.0. The number of hydrogen-bond donors (Lipinski definition) is 1. The Bertz CT molecular complexity index is 1350. The number of amides is 2. The molecule has 3 rings (SSSR count). The van der Waals surface area contributed by atoms with E-state index in [1.807, 2.05) is 13.8 Å². The van der Waals surface area contributed by atoms with Crippen molar-refractivity contribution >= 4 is 29.4 Å². The molecule has 0 aliphatic carbocycles. The number of ether oxygens (including phenoxy) is 1. The summed E-state index contributed by atoms with van der Waals surface area (Å²) in [7, 11) is 1.22. The molecule has 34 heavy (non-hydrogen) atoms. The number of nitrogens with zero attached hydrogens (tertiary/aromatic N) is 3. The predicted octanol–water partition coefficient (Wildman–Crippen LogP) is 0.607. The fourth-order valence-electron chi connectivity index (χ4n) is 3.59. The van der Waals surface area contributed by atoms with E-state index in [2.05, 4.69) is 6.58 Å². The Morgan fingerprint density at radius 2 is 1.76 bits per heavy atom. The lowest BCUT2D eigenvalue weighted by Crippen LogP contribution is -2.43. The number of ketones is 1. The van der Waals surface area contributed by atoms with Gasteiger partial charge >= 0.3 is 11.7 Å². The number of esters is 1. The van der Waals surface area contributed by atoms with E-state index in [1.165, 1.54) is 31.3 Å². The normalized spacial score (nSPS) is 12.8. The number of nitrogens with two attached hydrogens (primary N) is 1. The van der Waals surface area contributed by atoms with Gasteiger partial charge in [0.2, 0.25) is 5.78 Å². The number of nitrogen functional groups attached to an aromatic ring is 1. The van der Waals surface area contributed by atoms with Crippen molar-refractivity contribution in [1.29, 1.82) is 0 Å². The number of anilines is 1. The minimum absolute atomic E-state index is 0.00934. The van der Waals surface area contributed by atoms with Crippen molar-refractivity contribution in [1.82, 2.24) is 14.0 Å². The van der Waals surface area contributed by atoms with Gasteiger partial charge in [-0.15, -0.1) is 6.58 Å². The summed E-state index contributed by atoms with van der Waals surface area (Å²) in [6, 6.07) is 3.83. The smallest absolute Gasteiger partial charge is 0.338 e. The van der Waals surface area contributed by atoms with Crippen LogP contribution >= 0.6 is 0 Å². The molecule has 1 aliphatic rings. The first kappa shape index (κ1) is 24.4. The fourth-order valence-corrected chi connectivity index (χ4v) is 3.59. The van der Waals surface area contributed by atoms with E-state index >= 15 is 0 Å². The molecule has 0 fully saturated rings. The molecule has 0 bridgehead atoms. The van der Waals surface area contributed by atoms with E-state index in [-0.39, 0.29) is 41.5 Å². The number of aromatic nitrogens is 2. The van der Waals surface area contributed by atoms with Crippen LogP contribution in [0.2, 0.25) is 0 Å². The minimum Gasteiger partial charge on any atom is -0.454 e. The summed E-state index contributed by atoms with van der Waals surface area (Å²) in [5, 5.41) is 0. The summed E-state index contributed by atoms with van der Waals surface area (Å²) < 4.78 is 6.93. The second-order valence-corrected chi connectivity index (χ2v) is 8.18. The average molecular weight is 468 g/mol. The molecule has 0 atom stereocenters. The highest BCUT2D eigenvalue weighted by molar-refractivity contribution is 6.22. The first-order valence-corrected chi connectivity index (χ1v) is 10.4. The van der Waals surface area contributed by atoms with Crippen LogP contribution in [0.1, 0.15) is 55.3 Å². The van der Waals surface area contributed by atoms with Crippen LogP contribution in [0.15, 0.2) is 40.4 Å². The Kier molecular flexibility index (Phi) is 6.66. The second kappa shape index (κ2) is 9.30. The molecule has 0 spiro atoms. The van der Waals surface area contributed by atoms with Crippen LogP contribution in [0, 0.1) is 5.92 Å². The van der Waals surface area contributed by atoms with Crippen LogP contribution in [0.25, 0.3) is 0 Å². The molecule has 2 heterocycles. The molecule has 178 valence electrons. The SMILES string of the molecule is C=CCN1C(=O)c2ccc(C(=O)OCC(=O)c3c(N)n(CC(C)C)c(=O)n(C)c3=O)cc2C1=O. The van der Waals surface area contributed by atoms with Gasteiger partial charge in [0.15, 0.2) is 6.61 Å². The number of carbonyl (C=O) groups excluding carboxylic acids is 4. The van der Waals surface area contributed by atoms with Crippen molar-refractivity contribution in [2.24, 2.45) is 13.0 Å². The molecule has 11 heteroatoms. The quantitative estimate of drug-likeness (QED) is 0.256. The molecular weight excluding hydrogens is 444 g/mol. The van der Waals surface area contributed by atoms with Gasteiger partial charge < -0.3 is 10.5 Å². The zero-order chi connectivity index (χ0) is 25.3. The van der Waals surface area contributed by atoms with Crippen LogP contribution in [-0.2, 0) is 18.3 Å².